The highest BCUT2D eigenvalue weighted by atomic mass is 32.2. The Kier molecular flexibility index (Phi) is 4.80. The molecule has 0 bridgehead atoms. The molecular weight excluding hydrogens is 376 g/mol. The Balaban J connectivity index is 1.80. The third-order valence-electron chi connectivity index (χ3n) is 5.05. The Morgan fingerprint density at radius 3 is 2.70 bits per heavy atom. The fourth-order valence-electron chi connectivity index (χ4n) is 3.58. The average Bonchev–Trinajstić information content (AvgIpc) is 3.16. The van der Waals surface area contributed by atoms with Crippen LogP contribution < -0.4 is 9.62 Å². The highest BCUT2D eigenvalue weighted by molar-refractivity contribution is 7.92. The summed E-state index contributed by atoms with van der Waals surface area (Å²) in [6, 6.07) is 15.4. The molecule has 1 N–H and O–H groups in total. The van der Waals surface area contributed by atoms with Crippen molar-refractivity contribution in [3.05, 3.63) is 81.5 Å². The zero-order valence-corrected chi connectivity index (χ0v) is 17.0. The number of hydrogen-bond donors (Lipinski definition) is 1. The van der Waals surface area contributed by atoms with E-state index in [4.69, 9.17) is 0 Å². The summed E-state index contributed by atoms with van der Waals surface area (Å²) in [6.45, 7) is 2.69. The molecular formula is C21H22N2O2S2. The van der Waals surface area contributed by atoms with Crippen molar-refractivity contribution in [2.45, 2.75) is 24.3 Å². The van der Waals surface area contributed by atoms with E-state index in [-0.39, 0.29) is 6.04 Å². The fraction of sp³-hybridized carbons (Fsp3) is 0.238. The second kappa shape index (κ2) is 7.11. The molecule has 4 rings (SSSR count). The number of aryl methyl sites for hydroxylation is 1. The van der Waals surface area contributed by atoms with Crippen molar-refractivity contribution in [2.75, 3.05) is 17.9 Å². The molecule has 6 heteroatoms. The number of sulfonamides is 1. The maximum atomic E-state index is 13.2. The summed E-state index contributed by atoms with van der Waals surface area (Å²) in [5.74, 6) is 0. The van der Waals surface area contributed by atoms with Gasteiger partial charge in [-0.05, 0) is 64.6 Å². The van der Waals surface area contributed by atoms with E-state index < -0.39 is 10.0 Å². The van der Waals surface area contributed by atoms with Gasteiger partial charge in [0.1, 0.15) is 0 Å². The van der Waals surface area contributed by atoms with Gasteiger partial charge in [-0.2, -0.15) is 11.3 Å². The molecule has 0 radical (unpaired) electrons. The Morgan fingerprint density at radius 2 is 1.93 bits per heavy atom. The van der Waals surface area contributed by atoms with Crippen LogP contribution in [0.25, 0.3) is 0 Å². The van der Waals surface area contributed by atoms with Gasteiger partial charge in [-0.3, -0.25) is 4.31 Å². The maximum Gasteiger partial charge on any atom is 0.264 e. The van der Waals surface area contributed by atoms with E-state index in [1.165, 1.54) is 9.87 Å². The minimum absolute atomic E-state index is 0.171. The van der Waals surface area contributed by atoms with E-state index in [2.05, 4.69) is 22.1 Å². The molecule has 3 aromatic rings. The van der Waals surface area contributed by atoms with Crippen molar-refractivity contribution in [3.8, 4) is 0 Å². The van der Waals surface area contributed by atoms with Gasteiger partial charge in [0, 0.05) is 13.6 Å². The van der Waals surface area contributed by atoms with Gasteiger partial charge in [0.05, 0.1) is 16.6 Å². The van der Waals surface area contributed by atoms with Crippen LogP contribution >= 0.6 is 11.3 Å². The van der Waals surface area contributed by atoms with Crippen LogP contribution in [0.2, 0.25) is 0 Å². The number of nitrogens with one attached hydrogen (secondary N) is 1. The first-order valence-corrected chi connectivity index (χ1v) is 11.3. The van der Waals surface area contributed by atoms with Crippen molar-refractivity contribution in [3.63, 3.8) is 0 Å². The molecule has 0 aliphatic carbocycles. The molecule has 1 aromatic heterocycles. The van der Waals surface area contributed by atoms with Gasteiger partial charge in [-0.15, -0.1) is 0 Å². The van der Waals surface area contributed by atoms with Gasteiger partial charge < -0.3 is 5.32 Å². The number of fused-ring (bicyclic) bond motifs is 2. The molecule has 1 unspecified atom stereocenters. The third kappa shape index (κ3) is 3.29. The molecule has 0 spiro atoms. The Morgan fingerprint density at radius 1 is 1.11 bits per heavy atom. The van der Waals surface area contributed by atoms with E-state index in [1.54, 1.807) is 24.5 Å². The van der Waals surface area contributed by atoms with Crippen LogP contribution in [-0.4, -0.2) is 22.0 Å². The quantitative estimate of drug-likeness (QED) is 0.719. The van der Waals surface area contributed by atoms with Crippen LogP contribution in [-0.2, 0) is 16.4 Å². The molecule has 2 aromatic carbocycles. The SMILES string of the molecule is Cc1ccc2c(c1)S(=O)(=O)N(C)c1ccccc1C2NCCc1ccsc1. The van der Waals surface area contributed by atoms with Gasteiger partial charge in [0.15, 0.2) is 0 Å². The maximum absolute atomic E-state index is 13.2. The number of anilines is 1. The Hall–Kier alpha value is -2.15. The number of thiophene rings is 1. The highest BCUT2D eigenvalue weighted by Gasteiger charge is 2.34. The number of benzene rings is 2. The summed E-state index contributed by atoms with van der Waals surface area (Å²) >= 11 is 1.69. The molecule has 0 amide bonds. The minimum Gasteiger partial charge on any atom is -0.306 e. The smallest absolute Gasteiger partial charge is 0.264 e. The van der Waals surface area contributed by atoms with Crippen molar-refractivity contribution in [1.82, 2.24) is 5.32 Å². The topological polar surface area (TPSA) is 49.4 Å². The van der Waals surface area contributed by atoms with E-state index in [1.807, 2.05) is 43.3 Å². The lowest BCUT2D eigenvalue weighted by Gasteiger charge is -2.22. The van der Waals surface area contributed by atoms with Gasteiger partial charge in [0.2, 0.25) is 0 Å². The normalized spacial score (nSPS) is 17.9. The molecule has 2 heterocycles. The first kappa shape index (κ1) is 18.2. The summed E-state index contributed by atoms with van der Waals surface area (Å²) in [5, 5.41) is 7.83. The van der Waals surface area contributed by atoms with Crippen LogP contribution in [0.15, 0.2) is 64.2 Å². The van der Waals surface area contributed by atoms with Gasteiger partial charge in [0.25, 0.3) is 10.0 Å². The molecule has 1 aliphatic rings. The van der Waals surface area contributed by atoms with E-state index in [9.17, 15) is 8.42 Å². The lowest BCUT2D eigenvalue weighted by Crippen LogP contribution is -2.26. The zero-order chi connectivity index (χ0) is 19.0. The van der Waals surface area contributed by atoms with Gasteiger partial charge >= 0.3 is 0 Å². The number of hydrogen-bond acceptors (Lipinski definition) is 4. The van der Waals surface area contributed by atoms with E-state index in [0.717, 1.165) is 35.3 Å². The van der Waals surface area contributed by atoms with Crippen molar-refractivity contribution < 1.29 is 8.42 Å². The molecule has 140 valence electrons. The van der Waals surface area contributed by atoms with Gasteiger partial charge in [-0.25, -0.2) is 8.42 Å². The summed E-state index contributed by atoms with van der Waals surface area (Å²) in [5.41, 5.74) is 4.75. The summed E-state index contributed by atoms with van der Waals surface area (Å²) in [6.07, 6.45) is 0.909. The summed E-state index contributed by atoms with van der Waals surface area (Å²) < 4.78 is 27.9. The Bertz CT molecular complexity index is 1060. The van der Waals surface area contributed by atoms with Crippen molar-refractivity contribution >= 4 is 27.0 Å². The lowest BCUT2D eigenvalue weighted by molar-refractivity contribution is 0.585. The first-order valence-electron chi connectivity index (χ1n) is 8.91. The second-order valence-corrected chi connectivity index (χ2v) is 9.56. The zero-order valence-electron chi connectivity index (χ0n) is 15.3. The van der Waals surface area contributed by atoms with Crippen molar-refractivity contribution in [1.29, 1.82) is 0 Å². The summed E-state index contributed by atoms with van der Waals surface area (Å²) in [4.78, 5) is 0.384. The predicted molar refractivity (Wildman–Crippen MR) is 111 cm³/mol. The molecule has 0 fully saturated rings. The molecule has 0 saturated carbocycles. The van der Waals surface area contributed by atoms with Crippen LogP contribution in [0.3, 0.4) is 0 Å². The van der Waals surface area contributed by atoms with E-state index >= 15 is 0 Å². The summed E-state index contributed by atoms with van der Waals surface area (Å²) in [7, 11) is -1.97. The van der Waals surface area contributed by atoms with Crippen LogP contribution in [0.1, 0.15) is 28.3 Å². The molecule has 0 saturated heterocycles. The van der Waals surface area contributed by atoms with Crippen LogP contribution in [0.5, 0.6) is 0 Å². The monoisotopic (exact) mass is 398 g/mol. The van der Waals surface area contributed by atoms with Gasteiger partial charge in [-0.1, -0.05) is 30.3 Å². The van der Waals surface area contributed by atoms with Crippen LogP contribution in [0, 0.1) is 6.92 Å². The predicted octanol–water partition coefficient (Wildman–Crippen LogP) is 4.12. The Labute approximate surface area is 164 Å². The number of nitrogens with zero attached hydrogens (tertiary/aromatic N) is 1. The second-order valence-electron chi connectivity index (χ2n) is 6.84. The molecule has 27 heavy (non-hydrogen) atoms. The minimum atomic E-state index is -3.60. The number of para-hydroxylation sites is 1. The first-order chi connectivity index (χ1) is 13.0. The largest absolute Gasteiger partial charge is 0.306 e. The van der Waals surface area contributed by atoms with Crippen molar-refractivity contribution in [2.24, 2.45) is 0 Å². The highest BCUT2D eigenvalue weighted by Crippen LogP contribution is 2.40. The standard InChI is InChI=1S/C21H22N2O2S2/c1-15-7-8-18-20(13-15)27(24,25)23(2)19-6-4-3-5-17(19)21(18)22-11-9-16-10-12-26-14-16/h3-8,10,12-14,21-22H,9,11H2,1-2H3. The fourth-order valence-corrected chi connectivity index (χ4v) is 5.82. The van der Waals surface area contributed by atoms with E-state index in [0.29, 0.717) is 4.90 Å². The molecule has 4 nitrogen and oxygen atoms in total. The lowest BCUT2D eigenvalue weighted by atomic mass is 9.96. The van der Waals surface area contributed by atoms with Crippen LogP contribution in [0.4, 0.5) is 5.69 Å². The average molecular weight is 399 g/mol. The third-order valence-corrected chi connectivity index (χ3v) is 7.61. The number of rotatable bonds is 4. The molecule has 1 aliphatic heterocycles. The molecule has 1 atom stereocenters.